The molecule has 1 aliphatic rings. The topological polar surface area (TPSA) is 84.6 Å². The average Bonchev–Trinajstić information content (AvgIpc) is 2.92. The van der Waals surface area contributed by atoms with Gasteiger partial charge in [0.1, 0.15) is 0 Å². The van der Waals surface area contributed by atoms with Gasteiger partial charge in [-0.2, -0.15) is 0 Å². The van der Waals surface area contributed by atoms with Crippen molar-refractivity contribution in [2.24, 2.45) is 5.92 Å². The largest absolute Gasteiger partial charge is 0.490 e. The van der Waals surface area contributed by atoms with E-state index in [1.165, 1.54) is 13.2 Å². The maximum Gasteiger partial charge on any atom is 0.311 e. The van der Waals surface area contributed by atoms with E-state index in [-0.39, 0.29) is 18.0 Å². The highest BCUT2D eigenvalue weighted by Crippen LogP contribution is 2.28. The van der Waals surface area contributed by atoms with Gasteiger partial charge in [-0.25, -0.2) is 0 Å². The molecule has 1 aromatic carbocycles. The van der Waals surface area contributed by atoms with Crippen molar-refractivity contribution in [3.63, 3.8) is 0 Å². The Morgan fingerprint density at radius 3 is 2.95 bits per heavy atom. The number of aliphatic hydroxyl groups is 1. The lowest BCUT2D eigenvalue weighted by molar-refractivity contribution is -0.385. The number of benzene rings is 1. The first-order valence-corrected chi connectivity index (χ1v) is 6.81. The molecule has 6 nitrogen and oxygen atoms in total. The van der Waals surface area contributed by atoms with Crippen LogP contribution in [0.25, 0.3) is 0 Å². The van der Waals surface area contributed by atoms with E-state index < -0.39 is 4.92 Å². The third kappa shape index (κ3) is 3.26. The number of aliphatic hydroxyl groups excluding tert-OH is 1. The van der Waals surface area contributed by atoms with E-state index in [0.29, 0.717) is 18.5 Å². The van der Waals surface area contributed by atoms with Crippen molar-refractivity contribution in [2.75, 3.05) is 13.7 Å². The molecule has 0 heterocycles. The molecule has 0 spiro atoms. The lowest BCUT2D eigenvalue weighted by Crippen LogP contribution is -2.33. The van der Waals surface area contributed by atoms with Gasteiger partial charge in [0.05, 0.1) is 12.0 Å². The Morgan fingerprint density at radius 2 is 2.30 bits per heavy atom. The number of nitro benzene ring substituents is 1. The first-order chi connectivity index (χ1) is 9.65. The SMILES string of the molecule is COc1ccc(CNC2CCCC2CO)cc1[N+](=O)[O-]. The molecule has 1 aliphatic carbocycles. The Hall–Kier alpha value is -1.66. The molecule has 2 unspecified atom stereocenters. The zero-order valence-corrected chi connectivity index (χ0v) is 11.5. The molecule has 20 heavy (non-hydrogen) atoms. The minimum atomic E-state index is -0.436. The summed E-state index contributed by atoms with van der Waals surface area (Å²) < 4.78 is 4.98. The van der Waals surface area contributed by atoms with Crippen LogP contribution in [0.3, 0.4) is 0 Å². The van der Waals surface area contributed by atoms with Crippen LogP contribution in [0, 0.1) is 16.0 Å². The summed E-state index contributed by atoms with van der Waals surface area (Å²) in [6.45, 7) is 0.756. The first kappa shape index (κ1) is 14.7. The van der Waals surface area contributed by atoms with Crippen LogP contribution in [0.5, 0.6) is 5.75 Å². The minimum Gasteiger partial charge on any atom is -0.490 e. The lowest BCUT2D eigenvalue weighted by Gasteiger charge is -2.19. The minimum absolute atomic E-state index is 0.0167. The third-order valence-electron chi connectivity index (χ3n) is 3.90. The number of rotatable bonds is 6. The fourth-order valence-electron chi connectivity index (χ4n) is 2.76. The van der Waals surface area contributed by atoms with E-state index in [1.807, 2.05) is 6.07 Å². The quantitative estimate of drug-likeness (QED) is 0.613. The fourth-order valence-corrected chi connectivity index (χ4v) is 2.76. The van der Waals surface area contributed by atoms with Gasteiger partial charge in [0, 0.05) is 25.3 Å². The summed E-state index contributed by atoms with van der Waals surface area (Å²) in [7, 11) is 1.42. The molecule has 0 radical (unpaired) electrons. The maximum atomic E-state index is 11.0. The summed E-state index contributed by atoms with van der Waals surface area (Å²) in [6.07, 6.45) is 3.20. The molecule has 0 bridgehead atoms. The summed E-state index contributed by atoms with van der Waals surface area (Å²) in [6, 6.07) is 5.27. The van der Waals surface area contributed by atoms with Crippen molar-refractivity contribution in [1.29, 1.82) is 0 Å². The molecule has 110 valence electrons. The Kier molecular flexibility index (Phi) is 4.92. The second kappa shape index (κ2) is 6.67. The van der Waals surface area contributed by atoms with Crippen molar-refractivity contribution in [3.05, 3.63) is 33.9 Å². The average molecular weight is 280 g/mol. The van der Waals surface area contributed by atoms with Crippen molar-refractivity contribution in [2.45, 2.75) is 31.8 Å². The normalized spacial score (nSPS) is 21.9. The molecule has 6 heteroatoms. The molecule has 1 saturated carbocycles. The number of methoxy groups -OCH3 is 1. The number of hydrogen-bond donors (Lipinski definition) is 2. The van der Waals surface area contributed by atoms with Crippen LogP contribution in [-0.4, -0.2) is 29.8 Å². The van der Waals surface area contributed by atoms with Crippen molar-refractivity contribution in [1.82, 2.24) is 5.32 Å². The smallest absolute Gasteiger partial charge is 0.311 e. The van der Waals surface area contributed by atoms with Gasteiger partial charge in [-0.05, 0) is 30.4 Å². The van der Waals surface area contributed by atoms with Gasteiger partial charge in [-0.1, -0.05) is 12.5 Å². The van der Waals surface area contributed by atoms with Gasteiger partial charge in [-0.15, -0.1) is 0 Å². The van der Waals surface area contributed by atoms with E-state index >= 15 is 0 Å². The Morgan fingerprint density at radius 1 is 1.50 bits per heavy atom. The second-order valence-electron chi connectivity index (χ2n) is 5.12. The van der Waals surface area contributed by atoms with Crippen LogP contribution in [0.2, 0.25) is 0 Å². The number of nitrogens with one attached hydrogen (secondary N) is 1. The van der Waals surface area contributed by atoms with Crippen molar-refractivity contribution in [3.8, 4) is 5.75 Å². The molecule has 2 rings (SSSR count). The van der Waals surface area contributed by atoms with Gasteiger partial charge in [0.2, 0.25) is 0 Å². The Labute approximate surface area is 117 Å². The van der Waals surface area contributed by atoms with Gasteiger partial charge < -0.3 is 15.2 Å². The molecule has 0 aromatic heterocycles. The molecule has 0 amide bonds. The van der Waals surface area contributed by atoms with Crippen LogP contribution in [0.4, 0.5) is 5.69 Å². The first-order valence-electron chi connectivity index (χ1n) is 6.81. The second-order valence-corrected chi connectivity index (χ2v) is 5.12. The number of ether oxygens (including phenoxy) is 1. The Bertz CT molecular complexity index is 478. The van der Waals surface area contributed by atoms with Crippen LogP contribution in [0.1, 0.15) is 24.8 Å². The predicted octanol–water partition coefficient (Wildman–Crippen LogP) is 1.85. The van der Waals surface area contributed by atoms with E-state index in [9.17, 15) is 15.2 Å². The predicted molar refractivity (Wildman–Crippen MR) is 74.7 cm³/mol. The highest BCUT2D eigenvalue weighted by Gasteiger charge is 2.26. The third-order valence-corrected chi connectivity index (χ3v) is 3.90. The molecule has 0 aliphatic heterocycles. The summed E-state index contributed by atoms with van der Waals surface area (Å²) in [5.74, 6) is 0.566. The molecular weight excluding hydrogens is 260 g/mol. The van der Waals surface area contributed by atoms with Gasteiger partial charge in [-0.3, -0.25) is 10.1 Å². The van der Waals surface area contributed by atoms with E-state index in [4.69, 9.17) is 4.74 Å². The number of hydrogen-bond acceptors (Lipinski definition) is 5. The molecular formula is C14H20N2O4. The summed E-state index contributed by atoms with van der Waals surface area (Å²) in [5, 5.41) is 23.6. The van der Waals surface area contributed by atoms with Crippen LogP contribution >= 0.6 is 0 Å². The molecule has 2 N–H and O–H groups in total. The summed E-state index contributed by atoms with van der Waals surface area (Å²) in [4.78, 5) is 10.5. The highest BCUT2D eigenvalue weighted by molar-refractivity contribution is 5.48. The molecule has 1 fully saturated rings. The van der Waals surface area contributed by atoms with Crippen LogP contribution < -0.4 is 10.1 Å². The van der Waals surface area contributed by atoms with E-state index in [0.717, 1.165) is 24.8 Å². The summed E-state index contributed by atoms with van der Waals surface area (Å²) >= 11 is 0. The zero-order chi connectivity index (χ0) is 14.5. The van der Waals surface area contributed by atoms with Gasteiger partial charge >= 0.3 is 5.69 Å². The highest BCUT2D eigenvalue weighted by atomic mass is 16.6. The zero-order valence-electron chi connectivity index (χ0n) is 11.5. The molecule has 2 atom stereocenters. The molecule has 0 saturated heterocycles. The van der Waals surface area contributed by atoms with E-state index in [2.05, 4.69) is 5.32 Å². The van der Waals surface area contributed by atoms with Crippen molar-refractivity contribution < 1.29 is 14.8 Å². The maximum absolute atomic E-state index is 11.0. The van der Waals surface area contributed by atoms with Crippen LogP contribution in [-0.2, 0) is 6.54 Å². The lowest BCUT2D eigenvalue weighted by atomic mass is 10.0. The monoisotopic (exact) mass is 280 g/mol. The Balaban J connectivity index is 2.03. The molecule has 1 aromatic rings. The van der Waals surface area contributed by atoms with Gasteiger partial charge in [0.15, 0.2) is 5.75 Å². The number of nitro groups is 1. The fraction of sp³-hybridized carbons (Fsp3) is 0.571. The van der Waals surface area contributed by atoms with Crippen molar-refractivity contribution >= 4 is 5.69 Å². The van der Waals surface area contributed by atoms with Gasteiger partial charge in [0.25, 0.3) is 0 Å². The summed E-state index contributed by atoms with van der Waals surface area (Å²) in [5.41, 5.74) is 0.831. The van der Waals surface area contributed by atoms with E-state index in [1.54, 1.807) is 6.07 Å². The number of nitrogens with zero attached hydrogens (tertiary/aromatic N) is 1. The standard InChI is InChI=1S/C14H20N2O4/c1-20-14-6-5-10(7-13(14)16(18)19)8-15-12-4-2-3-11(12)9-17/h5-7,11-12,15,17H,2-4,8-9H2,1H3. The van der Waals surface area contributed by atoms with Crippen LogP contribution in [0.15, 0.2) is 18.2 Å².